The number of hydrogen-bond donors (Lipinski definition) is 0. The highest BCUT2D eigenvalue weighted by molar-refractivity contribution is 6.67. The number of imide groups is 1. The highest BCUT2D eigenvalue weighted by Gasteiger charge is 2.88. The van der Waals surface area contributed by atoms with E-state index in [9.17, 15) is 24.0 Å². The Bertz CT molecular complexity index is 1960. The lowest BCUT2D eigenvalue weighted by atomic mass is 9.84. The van der Waals surface area contributed by atoms with Crippen LogP contribution in [0.5, 0.6) is 11.5 Å². The van der Waals surface area contributed by atoms with E-state index in [1.54, 1.807) is 12.1 Å². The molecule has 0 unspecified atom stereocenters. The molecular weight excluding hydrogens is 808 g/mol. The molecule has 3 aliphatic rings. The van der Waals surface area contributed by atoms with Crippen LogP contribution >= 0.6 is 92.8 Å². The van der Waals surface area contributed by atoms with Gasteiger partial charge in [-0.15, -0.1) is 23.2 Å². The maximum absolute atomic E-state index is 14.1. The van der Waals surface area contributed by atoms with Crippen LogP contribution in [0.4, 0.5) is 0 Å². The summed E-state index contributed by atoms with van der Waals surface area (Å²) in [5.74, 6) is -7.15. The van der Waals surface area contributed by atoms with Crippen LogP contribution < -0.4 is 9.47 Å². The van der Waals surface area contributed by atoms with E-state index >= 15 is 0 Å². The number of nitrogens with zero attached hydrogens (tertiary/aromatic N) is 2. The van der Waals surface area contributed by atoms with Crippen molar-refractivity contribution in [3.63, 3.8) is 0 Å². The molecule has 3 aromatic carbocycles. The number of carbonyl (C=O) groups excluding carboxylic acids is 5. The van der Waals surface area contributed by atoms with E-state index in [-0.39, 0.29) is 42.5 Å². The van der Waals surface area contributed by atoms with E-state index in [1.807, 2.05) is 0 Å². The summed E-state index contributed by atoms with van der Waals surface area (Å²) in [6.07, 6.45) is 0. The minimum absolute atomic E-state index is 0.0245. The predicted molar refractivity (Wildman–Crippen MR) is 185 cm³/mol. The normalized spacial score (nSPS) is 25.0. The van der Waals surface area contributed by atoms with Gasteiger partial charge in [0.05, 0.1) is 45.2 Å². The molecule has 0 N–H and O–H groups in total. The fourth-order valence-electron chi connectivity index (χ4n) is 6.11. The molecular formula is C32H18Cl8N2O7. The number of methoxy groups -OCH3 is 1. The first-order valence-electron chi connectivity index (χ1n) is 14.0. The van der Waals surface area contributed by atoms with E-state index in [2.05, 4.69) is 0 Å². The minimum Gasteiger partial charge on any atom is -0.497 e. The van der Waals surface area contributed by atoms with Crippen molar-refractivity contribution in [2.75, 3.05) is 13.7 Å². The molecule has 3 aromatic rings. The van der Waals surface area contributed by atoms with Crippen molar-refractivity contribution in [1.82, 2.24) is 10.0 Å². The van der Waals surface area contributed by atoms with Crippen molar-refractivity contribution in [1.29, 1.82) is 0 Å². The average Bonchev–Trinajstić information content (AvgIpc) is 3.46. The zero-order valence-corrected chi connectivity index (χ0v) is 30.5. The van der Waals surface area contributed by atoms with Crippen LogP contribution in [0.3, 0.4) is 0 Å². The van der Waals surface area contributed by atoms with Crippen LogP contribution in [0, 0.1) is 11.8 Å². The number of amides is 3. The number of fused-ring (bicyclic) bond motifs is 5. The molecule has 6 rings (SSSR count). The van der Waals surface area contributed by atoms with Crippen LogP contribution in [0.1, 0.15) is 31.1 Å². The van der Waals surface area contributed by atoms with Gasteiger partial charge in [-0.2, -0.15) is 5.01 Å². The SMILES string of the molecule is COc1cccc(C(=O)Oc2ccc(C(=O)CN(C(=O)c3ccc(Cl)cc3Cl)N3C(=O)[C@@H]4[C@H](C3=O)[C@@]3(Cl)C(Cl)=C(Cl)[C@@]4(Cl)C3(Cl)Cl)cc2)c1. The Balaban J connectivity index is 1.32. The Hall–Kier alpha value is -2.73. The lowest BCUT2D eigenvalue weighted by Gasteiger charge is -2.36. The number of hydrazine groups is 1. The molecule has 0 spiro atoms. The molecule has 3 amide bonds. The quantitative estimate of drug-likeness (QED) is 0.0747. The number of halogens is 8. The molecule has 1 aliphatic heterocycles. The second-order valence-corrected chi connectivity index (χ2v) is 15.2. The zero-order chi connectivity index (χ0) is 35.8. The first kappa shape index (κ1) is 36.1. The molecule has 49 heavy (non-hydrogen) atoms. The van der Waals surface area contributed by atoms with E-state index < -0.39 is 61.9 Å². The Morgan fingerprint density at radius 1 is 0.776 bits per heavy atom. The van der Waals surface area contributed by atoms with Crippen LogP contribution in [0.2, 0.25) is 10.0 Å². The predicted octanol–water partition coefficient (Wildman–Crippen LogP) is 7.91. The van der Waals surface area contributed by atoms with Gasteiger partial charge in [-0.1, -0.05) is 75.7 Å². The van der Waals surface area contributed by atoms with Crippen molar-refractivity contribution >= 4 is 122 Å². The van der Waals surface area contributed by atoms with E-state index in [1.165, 1.54) is 61.7 Å². The Kier molecular flexibility index (Phi) is 9.42. The number of alkyl halides is 4. The standard InChI is InChI=1S/C32H18Cl8N2O7/c1-48-18-4-2-3-15(11-18)29(47)49-17-8-5-14(6-9-17)21(43)13-41(26(44)19-10-7-16(33)12-20(19)34)42-27(45)22-23(28(42)46)31(38)25(36)24(35)30(22,37)32(31,39)40/h2-12,22-23H,13H2,1H3/t22-,23+,30-,31-/m1/s1. The number of allylic oxidation sites excluding steroid dienone is 2. The average molecular weight is 826 g/mol. The van der Waals surface area contributed by atoms with Crippen molar-refractivity contribution in [3.05, 3.63) is 104 Å². The van der Waals surface area contributed by atoms with Gasteiger partial charge >= 0.3 is 5.97 Å². The van der Waals surface area contributed by atoms with Gasteiger partial charge in [0.2, 0.25) is 0 Å². The molecule has 2 aliphatic carbocycles. The number of benzene rings is 3. The van der Waals surface area contributed by atoms with Crippen LogP contribution in [0.25, 0.3) is 0 Å². The number of rotatable bonds is 8. The fourth-order valence-corrected chi connectivity index (χ4v) is 9.52. The Morgan fingerprint density at radius 3 is 1.92 bits per heavy atom. The van der Waals surface area contributed by atoms with E-state index in [4.69, 9.17) is 102 Å². The maximum atomic E-state index is 14.1. The number of ether oxygens (including phenoxy) is 2. The molecule has 2 bridgehead atoms. The van der Waals surface area contributed by atoms with E-state index in [0.717, 1.165) is 0 Å². The number of ketones is 1. The molecule has 1 saturated carbocycles. The van der Waals surface area contributed by atoms with Crippen LogP contribution in [-0.2, 0) is 9.59 Å². The van der Waals surface area contributed by atoms with Crippen LogP contribution in [0.15, 0.2) is 76.8 Å². The van der Waals surface area contributed by atoms with Crippen molar-refractivity contribution in [2.24, 2.45) is 11.8 Å². The molecule has 1 heterocycles. The van der Waals surface area contributed by atoms with Gasteiger partial charge in [0.15, 0.2) is 10.1 Å². The lowest BCUT2D eigenvalue weighted by molar-refractivity contribution is -0.154. The molecule has 9 nitrogen and oxygen atoms in total. The van der Waals surface area contributed by atoms with Gasteiger partial charge in [-0.3, -0.25) is 19.2 Å². The molecule has 17 heteroatoms. The monoisotopic (exact) mass is 822 g/mol. The summed E-state index contributed by atoms with van der Waals surface area (Å²) in [5.41, 5.74) is 0.0543. The number of Topliss-reactive ketones (excluding diaryl/α,β-unsaturated/α-hetero) is 1. The summed E-state index contributed by atoms with van der Waals surface area (Å²) in [6.45, 7) is -0.857. The maximum Gasteiger partial charge on any atom is 0.343 e. The minimum atomic E-state index is -2.22. The van der Waals surface area contributed by atoms with Crippen LogP contribution in [-0.4, -0.2) is 67.2 Å². The summed E-state index contributed by atoms with van der Waals surface area (Å²) >= 11 is 52.0. The summed E-state index contributed by atoms with van der Waals surface area (Å²) in [4.78, 5) is 64.3. The van der Waals surface area contributed by atoms with Crippen molar-refractivity contribution in [2.45, 2.75) is 14.1 Å². The van der Waals surface area contributed by atoms with Gasteiger partial charge in [-0.25, -0.2) is 9.80 Å². The van der Waals surface area contributed by atoms with Gasteiger partial charge in [0.1, 0.15) is 27.8 Å². The van der Waals surface area contributed by atoms with Crippen molar-refractivity contribution in [3.8, 4) is 11.5 Å². The third-order valence-electron chi connectivity index (χ3n) is 8.51. The first-order valence-corrected chi connectivity index (χ1v) is 17.0. The lowest BCUT2D eigenvalue weighted by Crippen LogP contribution is -2.56. The van der Waals surface area contributed by atoms with Gasteiger partial charge in [0.25, 0.3) is 17.7 Å². The highest BCUT2D eigenvalue weighted by Crippen LogP contribution is 2.77. The third kappa shape index (κ3) is 5.32. The second-order valence-electron chi connectivity index (χ2n) is 11.1. The summed E-state index contributed by atoms with van der Waals surface area (Å²) in [6, 6.07) is 15.6. The summed E-state index contributed by atoms with van der Waals surface area (Å²) in [5, 5.41) is 0.473. The number of esters is 1. The molecule has 1 saturated heterocycles. The first-order chi connectivity index (χ1) is 23.0. The topological polar surface area (TPSA) is 110 Å². The molecule has 0 aromatic heterocycles. The molecule has 2 fully saturated rings. The van der Waals surface area contributed by atoms with Gasteiger partial charge in [-0.05, 0) is 60.7 Å². The Morgan fingerprint density at radius 2 is 1.37 bits per heavy atom. The zero-order valence-electron chi connectivity index (χ0n) is 24.5. The summed E-state index contributed by atoms with van der Waals surface area (Å²) < 4.78 is 8.31. The van der Waals surface area contributed by atoms with Gasteiger partial charge in [0, 0.05) is 10.6 Å². The van der Waals surface area contributed by atoms with Gasteiger partial charge < -0.3 is 9.47 Å². The molecule has 4 atom stereocenters. The second kappa shape index (κ2) is 12.8. The fraction of sp³-hybridized carbons (Fsp3) is 0.219. The Labute approximate surface area is 318 Å². The van der Waals surface area contributed by atoms with Crippen molar-refractivity contribution < 1.29 is 33.4 Å². The largest absolute Gasteiger partial charge is 0.497 e. The smallest absolute Gasteiger partial charge is 0.343 e. The third-order valence-corrected chi connectivity index (χ3v) is 13.3. The number of carbonyl (C=O) groups is 5. The molecule has 254 valence electrons. The number of hydrogen-bond acceptors (Lipinski definition) is 7. The van der Waals surface area contributed by atoms with E-state index in [0.29, 0.717) is 15.8 Å². The highest BCUT2D eigenvalue weighted by atomic mass is 35.5. The molecule has 0 radical (unpaired) electrons. The summed E-state index contributed by atoms with van der Waals surface area (Å²) in [7, 11) is 1.46.